The number of thiocarbonyl (C=S) groups is 1. The Labute approximate surface area is 129 Å². The zero-order valence-electron chi connectivity index (χ0n) is 11.7. The van der Waals surface area contributed by atoms with Crippen molar-refractivity contribution in [3.05, 3.63) is 42.1 Å². The number of pyridine rings is 1. The van der Waals surface area contributed by atoms with Crippen LogP contribution < -0.4 is 5.73 Å². The van der Waals surface area contributed by atoms with Gasteiger partial charge in [-0.15, -0.1) is 0 Å². The van der Waals surface area contributed by atoms with Crippen molar-refractivity contribution < 1.29 is 4.79 Å². The second-order valence-corrected chi connectivity index (χ2v) is 5.85. The van der Waals surface area contributed by atoms with E-state index in [1.54, 1.807) is 6.20 Å². The lowest BCUT2D eigenvalue weighted by atomic mass is 9.96. The normalized spacial score (nSPS) is 16.1. The molecule has 0 atom stereocenters. The highest BCUT2D eigenvalue weighted by atomic mass is 32.1. The van der Waals surface area contributed by atoms with Gasteiger partial charge in [0.25, 0.3) is 5.91 Å². The maximum atomic E-state index is 12.6. The maximum Gasteiger partial charge on any atom is 0.253 e. The van der Waals surface area contributed by atoms with E-state index >= 15 is 0 Å². The van der Waals surface area contributed by atoms with Crippen LogP contribution in [0.15, 0.2) is 36.5 Å². The summed E-state index contributed by atoms with van der Waals surface area (Å²) >= 11 is 5.03. The second-order valence-electron chi connectivity index (χ2n) is 5.38. The summed E-state index contributed by atoms with van der Waals surface area (Å²) < 4.78 is 0. The molecule has 0 unspecified atom stereocenters. The van der Waals surface area contributed by atoms with E-state index in [4.69, 9.17) is 18.0 Å². The van der Waals surface area contributed by atoms with Crippen LogP contribution in [0.5, 0.6) is 0 Å². The summed E-state index contributed by atoms with van der Waals surface area (Å²) in [6.07, 6.45) is 3.47. The molecule has 0 aliphatic carbocycles. The number of carbonyl (C=O) groups excluding carboxylic acids is 1. The number of hydrogen-bond acceptors (Lipinski definition) is 3. The zero-order chi connectivity index (χ0) is 14.8. The minimum absolute atomic E-state index is 0.0714. The molecule has 1 aliphatic rings. The van der Waals surface area contributed by atoms with Gasteiger partial charge >= 0.3 is 0 Å². The molecule has 0 bridgehead atoms. The summed E-state index contributed by atoms with van der Waals surface area (Å²) in [6, 6.07) is 9.49. The van der Waals surface area contributed by atoms with Gasteiger partial charge in [-0.3, -0.25) is 9.78 Å². The lowest BCUT2D eigenvalue weighted by molar-refractivity contribution is 0.0710. The molecular formula is C16H17N3OS. The van der Waals surface area contributed by atoms with E-state index in [1.165, 1.54) is 0 Å². The topological polar surface area (TPSA) is 59.2 Å². The molecule has 2 heterocycles. The van der Waals surface area contributed by atoms with Crippen LogP contribution >= 0.6 is 12.2 Å². The Balaban J connectivity index is 1.76. The smallest absolute Gasteiger partial charge is 0.253 e. The van der Waals surface area contributed by atoms with Crippen molar-refractivity contribution in [3.63, 3.8) is 0 Å². The molecule has 1 fully saturated rings. The van der Waals surface area contributed by atoms with Crippen molar-refractivity contribution in [1.82, 2.24) is 9.88 Å². The van der Waals surface area contributed by atoms with Crippen molar-refractivity contribution in [1.29, 1.82) is 0 Å². The van der Waals surface area contributed by atoms with E-state index in [0.29, 0.717) is 23.6 Å². The quantitative estimate of drug-likeness (QED) is 0.865. The molecule has 1 amide bonds. The van der Waals surface area contributed by atoms with E-state index in [2.05, 4.69) is 4.98 Å². The summed E-state index contributed by atoms with van der Waals surface area (Å²) in [5.74, 6) is 0.340. The second kappa shape index (κ2) is 5.77. The van der Waals surface area contributed by atoms with Crippen LogP contribution in [0.25, 0.3) is 10.9 Å². The fraction of sp³-hybridized carbons (Fsp3) is 0.312. The Kier molecular flexibility index (Phi) is 3.84. The Hall–Kier alpha value is -2.01. The molecule has 1 aromatic heterocycles. The number of fused-ring (bicyclic) bond motifs is 1. The van der Waals surface area contributed by atoms with Gasteiger partial charge in [0.2, 0.25) is 0 Å². The van der Waals surface area contributed by atoms with Crippen molar-refractivity contribution in [2.45, 2.75) is 12.8 Å². The molecular weight excluding hydrogens is 282 g/mol. The lowest BCUT2D eigenvalue weighted by Crippen LogP contribution is -2.41. The number of nitrogens with zero attached hydrogens (tertiary/aromatic N) is 2. The van der Waals surface area contributed by atoms with Crippen LogP contribution in [-0.4, -0.2) is 33.9 Å². The van der Waals surface area contributed by atoms with Crippen LogP contribution in [0, 0.1) is 5.92 Å². The molecule has 0 saturated carbocycles. The molecule has 3 rings (SSSR count). The number of likely N-dealkylation sites (tertiary alicyclic amines) is 1. The molecule has 2 aromatic rings. The van der Waals surface area contributed by atoms with E-state index in [1.807, 2.05) is 35.2 Å². The summed E-state index contributed by atoms with van der Waals surface area (Å²) in [6.45, 7) is 1.43. The van der Waals surface area contributed by atoms with Crippen molar-refractivity contribution in [2.75, 3.05) is 13.1 Å². The SMILES string of the molecule is NC(=S)C1CCN(C(=O)c2ccc3ncccc3c2)CC1. The third-order valence-electron chi connectivity index (χ3n) is 4.03. The molecule has 21 heavy (non-hydrogen) atoms. The molecule has 4 nitrogen and oxygen atoms in total. The van der Waals surface area contributed by atoms with Crippen LogP contribution in [0.1, 0.15) is 23.2 Å². The van der Waals surface area contributed by atoms with Gasteiger partial charge in [0.1, 0.15) is 0 Å². The van der Waals surface area contributed by atoms with Gasteiger partial charge in [0.15, 0.2) is 0 Å². The molecule has 0 spiro atoms. The Morgan fingerprint density at radius 2 is 2.05 bits per heavy atom. The largest absolute Gasteiger partial charge is 0.393 e. The third kappa shape index (κ3) is 2.88. The first-order valence-corrected chi connectivity index (χ1v) is 7.49. The van der Waals surface area contributed by atoms with Crippen LogP contribution in [-0.2, 0) is 0 Å². The average Bonchev–Trinajstić information content (AvgIpc) is 2.54. The number of amides is 1. The molecule has 1 saturated heterocycles. The predicted octanol–water partition coefficient (Wildman–Crippen LogP) is 2.37. The number of piperidine rings is 1. The van der Waals surface area contributed by atoms with Crippen molar-refractivity contribution in [3.8, 4) is 0 Å². The Morgan fingerprint density at radius 3 is 2.76 bits per heavy atom. The molecule has 1 aromatic carbocycles. The minimum atomic E-state index is 0.0714. The van der Waals surface area contributed by atoms with Gasteiger partial charge in [0, 0.05) is 36.2 Å². The fourth-order valence-electron chi connectivity index (χ4n) is 2.76. The maximum absolute atomic E-state index is 12.6. The number of aromatic nitrogens is 1. The summed E-state index contributed by atoms with van der Waals surface area (Å²) in [5.41, 5.74) is 7.30. The van der Waals surface area contributed by atoms with Gasteiger partial charge in [-0.2, -0.15) is 0 Å². The van der Waals surface area contributed by atoms with Gasteiger partial charge < -0.3 is 10.6 Å². The van der Waals surface area contributed by atoms with Crippen molar-refractivity contribution >= 4 is 34.0 Å². The number of hydrogen-bond donors (Lipinski definition) is 1. The average molecular weight is 299 g/mol. The van der Waals surface area contributed by atoms with E-state index in [0.717, 1.165) is 23.7 Å². The molecule has 2 N–H and O–H groups in total. The Morgan fingerprint density at radius 1 is 1.29 bits per heavy atom. The molecule has 108 valence electrons. The lowest BCUT2D eigenvalue weighted by Gasteiger charge is -2.31. The number of nitrogens with two attached hydrogens (primary N) is 1. The summed E-state index contributed by atoms with van der Waals surface area (Å²) in [4.78, 5) is 19.3. The molecule has 5 heteroatoms. The van der Waals surface area contributed by atoms with Gasteiger partial charge in [-0.25, -0.2) is 0 Å². The molecule has 1 aliphatic heterocycles. The van der Waals surface area contributed by atoms with Gasteiger partial charge in [0.05, 0.1) is 10.5 Å². The summed E-state index contributed by atoms with van der Waals surface area (Å²) in [7, 11) is 0. The predicted molar refractivity (Wildman–Crippen MR) is 87.2 cm³/mol. The zero-order valence-corrected chi connectivity index (χ0v) is 12.5. The fourth-order valence-corrected chi connectivity index (χ4v) is 2.99. The Bertz CT molecular complexity index is 693. The monoisotopic (exact) mass is 299 g/mol. The highest BCUT2D eigenvalue weighted by Gasteiger charge is 2.24. The molecule has 0 radical (unpaired) electrons. The highest BCUT2D eigenvalue weighted by molar-refractivity contribution is 7.80. The van der Waals surface area contributed by atoms with Crippen LogP contribution in [0.4, 0.5) is 0 Å². The number of benzene rings is 1. The standard InChI is InChI=1S/C16H17N3OS/c17-15(21)11-5-8-19(9-6-11)16(20)13-3-4-14-12(10-13)2-1-7-18-14/h1-4,7,10-11H,5-6,8-9H2,(H2,17,21). The minimum Gasteiger partial charge on any atom is -0.393 e. The first-order chi connectivity index (χ1) is 10.1. The van der Waals surface area contributed by atoms with Crippen LogP contribution in [0.2, 0.25) is 0 Å². The van der Waals surface area contributed by atoms with E-state index in [9.17, 15) is 4.79 Å². The number of carbonyl (C=O) groups is 1. The first-order valence-electron chi connectivity index (χ1n) is 7.08. The van der Waals surface area contributed by atoms with Crippen molar-refractivity contribution in [2.24, 2.45) is 11.7 Å². The van der Waals surface area contributed by atoms with E-state index in [-0.39, 0.29) is 11.8 Å². The van der Waals surface area contributed by atoms with E-state index < -0.39 is 0 Å². The van der Waals surface area contributed by atoms with Gasteiger partial charge in [-0.1, -0.05) is 18.3 Å². The third-order valence-corrected chi connectivity index (χ3v) is 4.37. The number of rotatable bonds is 2. The highest BCUT2D eigenvalue weighted by Crippen LogP contribution is 2.21. The summed E-state index contributed by atoms with van der Waals surface area (Å²) in [5, 5.41) is 0.987. The van der Waals surface area contributed by atoms with Crippen LogP contribution in [0.3, 0.4) is 0 Å². The van der Waals surface area contributed by atoms with Gasteiger partial charge in [-0.05, 0) is 37.1 Å². The first kappa shape index (κ1) is 13.9.